The quantitative estimate of drug-likeness (QED) is 0.398. The molecule has 0 spiro atoms. The summed E-state index contributed by atoms with van der Waals surface area (Å²) in [7, 11) is 1.55. The molecular formula is C27H22FN3O4S. The number of amides is 1. The Labute approximate surface area is 211 Å². The highest BCUT2D eigenvalue weighted by Crippen LogP contribution is 2.41. The molecule has 1 aliphatic heterocycles. The Bertz CT molecular complexity index is 1390. The van der Waals surface area contributed by atoms with E-state index < -0.39 is 17.6 Å². The average Bonchev–Trinajstić information content (AvgIpc) is 3.43. The second-order valence-electron chi connectivity index (χ2n) is 7.84. The predicted molar refractivity (Wildman–Crippen MR) is 135 cm³/mol. The van der Waals surface area contributed by atoms with Crippen molar-refractivity contribution >= 4 is 29.1 Å². The molecule has 0 aliphatic carbocycles. The number of dihydropyridines is 1. The van der Waals surface area contributed by atoms with Gasteiger partial charge in [0, 0.05) is 11.3 Å². The van der Waals surface area contributed by atoms with Crippen LogP contribution in [-0.4, -0.2) is 24.6 Å². The first-order chi connectivity index (χ1) is 17.4. The molecule has 4 rings (SSSR count). The number of carbonyl (C=O) groups is 2. The summed E-state index contributed by atoms with van der Waals surface area (Å²) in [6.07, 6.45) is 1.45. The minimum Gasteiger partial charge on any atom is -0.497 e. The number of anilines is 1. The van der Waals surface area contributed by atoms with Crippen molar-refractivity contribution in [2.75, 3.05) is 18.2 Å². The largest absolute Gasteiger partial charge is 0.497 e. The Kier molecular flexibility index (Phi) is 7.56. The minimum atomic E-state index is -0.836. The lowest BCUT2D eigenvalue weighted by Crippen LogP contribution is -2.31. The monoisotopic (exact) mass is 503 g/mol. The van der Waals surface area contributed by atoms with Crippen LogP contribution >= 0.6 is 11.8 Å². The predicted octanol–water partition coefficient (Wildman–Crippen LogP) is 5.38. The van der Waals surface area contributed by atoms with Crippen molar-refractivity contribution in [2.45, 2.75) is 12.8 Å². The third kappa shape index (κ3) is 5.19. The van der Waals surface area contributed by atoms with E-state index in [0.717, 1.165) is 0 Å². The summed E-state index contributed by atoms with van der Waals surface area (Å²) in [5.74, 6) is -1.03. The maximum Gasteiger partial charge on any atom is 0.254 e. The standard InChI is InChI=1S/C27H22FN3O4S/c1-16-24(26(33)31-21-7-4-3-6-20(21)28)25(23-8-5-13-35-23)19(14-29)27(30-16)36-15-22(32)17-9-11-18(34-2)12-10-17/h3-13,25,30H,15H2,1-2H3,(H,31,33)/t25-/m0/s1. The Balaban J connectivity index is 1.62. The maximum absolute atomic E-state index is 14.2. The highest BCUT2D eigenvalue weighted by Gasteiger charge is 2.36. The molecule has 1 amide bonds. The molecule has 0 saturated carbocycles. The lowest BCUT2D eigenvalue weighted by atomic mass is 9.85. The van der Waals surface area contributed by atoms with E-state index in [9.17, 15) is 19.2 Å². The van der Waals surface area contributed by atoms with Crippen LogP contribution in [0.3, 0.4) is 0 Å². The fraction of sp³-hybridized carbons (Fsp3) is 0.148. The van der Waals surface area contributed by atoms with Gasteiger partial charge in [-0.3, -0.25) is 9.59 Å². The fourth-order valence-corrected chi connectivity index (χ4v) is 4.80. The molecule has 182 valence electrons. The number of Topliss-reactive ketones (excluding diaryl/α,β-unsaturated/α-hetero) is 1. The second kappa shape index (κ2) is 11.0. The first-order valence-electron chi connectivity index (χ1n) is 10.9. The zero-order valence-corrected chi connectivity index (χ0v) is 20.3. The molecular weight excluding hydrogens is 481 g/mol. The maximum atomic E-state index is 14.2. The number of furan rings is 1. The van der Waals surface area contributed by atoms with Crippen LogP contribution < -0.4 is 15.4 Å². The molecule has 3 aromatic rings. The lowest BCUT2D eigenvalue weighted by molar-refractivity contribution is -0.113. The zero-order valence-electron chi connectivity index (χ0n) is 19.5. The van der Waals surface area contributed by atoms with Crippen LogP contribution in [-0.2, 0) is 4.79 Å². The van der Waals surface area contributed by atoms with Gasteiger partial charge in [0.1, 0.15) is 17.3 Å². The molecule has 36 heavy (non-hydrogen) atoms. The number of ketones is 1. The van der Waals surface area contributed by atoms with Crippen LogP contribution in [0.1, 0.15) is 29.0 Å². The van der Waals surface area contributed by atoms with Gasteiger partial charge in [-0.2, -0.15) is 5.26 Å². The number of carbonyl (C=O) groups excluding carboxylic acids is 2. The van der Waals surface area contributed by atoms with Gasteiger partial charge in [0.25, 0.3) is 5.91 Å². The molecule has 2 aromatic carbocycles. The first-order valence-corrected chi connectivity index (χ1v) is 11.9. The number of hydrogen-bond donors (Lipinski definition) is 2. The minimum absolute atomic E-state index is 0.0220. The van der Waals surface area contributed by atoms with E-state index in [-0.39, 0.29) is 28.4 Å². The number of benzene rings is 2. The molecule has 1 aliphatic rings. The summed E-state index contributed by atoms with van der Waals surface area (Å²) >= 11 is 1.17. The number of nitrogens with one attached hydrogen (secondary N) is 2. The van der Waals surface area contributed by atoms with E-state index in [1.165, 1.54) is 36.2 Å². The van der Waals surface area contributed by atoms with Crippen molar-refractivity contribution in [1.82, 2.24) is 5.32 Å². The Morgan fingerprint density at radius 2 is 1.92 bits per heavy atom. The molecule has 0 saturated heterocycles. The van der Waals surface area contributed by atoms with Gasteiger partial charge in [-0.1, -0.05) is 23.9 Å². The van der Waals surface area contributed by atoms with Gasteiger partial charge in [0.2, 0.25) is 0 Å². The van der Waals surface area contributed by atoms with Crippen molar-refractivity contribution in [2.24, 2.45) is 0 Å². The van der Waals surface area contributed by atoms with E-state index >= 15 is 0 Å². The van der Waals surface area contributed by atoms with E-state index in [1.54, 1.807) is 56.5 Å². The summed E-state index contributed by atoms with van der Waals surface area (Å²) in [6.45, 7) is 1.69. The number of halogens is 1. The summed E-state index contributed by atoms with van der Waals surface area (Å²) in [6, 6.07) is 18.1. The number of methoxy groups -OCH3 is 1. The van der Waals surface area contributed by atoms with E-state index in [2.05, 4.69) is 16.7 Å². The highest BCUT2D eigenvalue weighted by atomic mass is 32.2. The van der Waals surface area contributed by atoms with Crippen LogP contribution in [0.5, 0.6) is 5.75 Å². The van der Waals surface area contributed by atoms with Crippen molar-refractivity contribution in [3.8, 4) is 11.8 Å². The van der Waals surface area contributed by atoms with E-state index in [1.807, 2.05) is 0 Å². The number of rotatable bonds is 8. The molecule has 0 unspecified atom stereocenters. The number of para-hydroxylation sites is 1. The number of allylic oxidation sites excluding steroid dienone is 2. The molecule has 2 N–H and O–H groups in total. The Hall–Kier alpha value is -4.29. The van der Waals surface area contributed by atoms with Crippen molar-refractivity contribution < 1.29 is 23.1 Å². The first kappa shape index (κ1) is 24.8. The molecule has 1 aromatic heterocycles. The second-order valence-corrected chi connectivity index (χ2v) is 8.83. The zero-order chi connectivity index (χ0) is 25.7. The molecule has 0 bridgehead atoms. The normalized spacial score (nSPS) is 15.2. The Morgan fingerprint density at radius 3 is 2.56 bits per heavy atom. The summed E-state index contributed by atoms with van der Waals surface area (Å²) in [5, 5.41) is 16.2. The van der Waals surface area contributed by atoms with Crippen LogP contribution in [0.4, 0.5) is 10.1 Å². The molecule has 2 heterocycles. The topological polar surface area (TPSA) is 104 Å². The lowest BCUT2D eigenvalue weighted by Gasteiger charge is -2.28. The van der Waals surface area contributed by atoms with Crippen molar-refractivity contribution in [3.63, 3.8) is 0 Å². The fourth-order valence-electron chi connectivity index (χ4n) is 3.82. The van der Waals surface area contributed by atoms with E-state index in [0.29, 0.717) is 27.8 Å². The Morgan fingerprint density at radius 1 is 1.17 bits per heavy atom. The molecule has 7 nitrogen and oxygen atoms in total. The third-order valence-corrected chi connectivity index (χ3v) is 6.62. The summed E-state index contributed by atoms with van der Waals surface area (Å²) < 4.78 is 24.9. The van der Waals surface area contributed by atoms with E-state index in [4.69, 9.17) is 9.15 Å². The van der Waals surface area contributed by atoms with Crippen LogP contribution in [0.15, 0.2) is 93.2 Å². The van der Waals surface area contributed by atoms with Gasteiger partial charge in [-0.15, -0.1) is 0 Å². The molecule has 0 fully saturated rings. The average molecular weight is 504 g/mol. The van der Waals surface area contributed by atoms with Gasteiger partial charge >= 0.3 is 0 Å². The summed E-state index contributed by atoms with van der Waals surface area (Å²) in [5.41, 5.74) is 1.44. The third-order valence-electron chi connectivity index (χ3n) is 5.60. The van der Waals surface area contributed by atoms with Crippen molar-refractivity contribution in [3.05, 3.63) is 106 Å². The van der Waals surface area contributed by atoms with Crippen LogP contribution in [0, 0.1) is 17.1 Å². The highest BCUT2D eigenvalue weighted by molar-refractivity contribution is 8.03. The van der Waals surface area contributed by atoms with Gasteiger partial charge < -0.3 is 19.8 Å². The molecule has 0 radical (unpaired) electrons. The number of nitriles is 1. The molecule has 1 atom stereocenters. The van der Waals surface area contributed by atoms with Gasteiger partial charge in [0.05, 0.1) is 53.0 Å². The van der Waals surface area contributed by atoms with Gasteiger partial charge in [0.15, 0.2) is 5.78 Å². The van der Waals surface area contributed by atoms with Crippen LogP contribution in [0.2, 0.25) is 0 Å². The van der Waals surface area contributed by atoms with Crippen LogP contribution in [0.25, 0.3) is 0 Å². The summed E-state index contributed by atoms with van der Waals surface area (Å²) in [4.78, 5) is 26.0. The SMILES string of the molecule is COc1ccc(C(=O)CSC2=C(C#N)[C@@H](c3ccco3)C(C(=O)Nc3ccccc3F)=C(C)N2)cc1. The van der Waals surface area contributed by atoms with Crippen molar-refractivity contribution in [1.29, 1.82) is 5.26 Å². The number of hydrogen-bond acceptors (Lipinski definition) is 7. The van der Waals surface area contributed by atoms with Gasteiger partial charge in [-0.25, -0.2) is 4.39 Å². The number of nitrogens with zero attached hydrogens (tertiary/aromatic N) is 1. The number of thioether (sulfide) groups is 1. The molecule has 9 heteroatoms. The number of ether oxygens (including phenoxy) is 1. The smallest absolute Gasteiger partial charge is 0.254 e. The van der Waals surface area contributed by atoms with Gasteiger partial charge in [-0.05, 0) is 55.5 Å².